The number of aliphatic carboxylic acids is 1. The van der Waals surface area contributed by atoms with Crippen LogP contribution in [0.1, 0.15) is 6.92 Å². The Bertz CT molecular complexity index is 333. The first-order valence-corrected chi connectivity index (χ1v) is 5.64. The minimum absolute atomic E-state index is 0.278. The molecular weight excluding hydrogens is 281 g/mol. The summed E-state index contributed by atoms with van der Waals surface area (Å²) in [5.74, 6) is -0.968. The van der Waals surface area contributed by atoms with Gasteiger partial charge in [-0.05, 0) is 19.1 Å². The van der Waals surface area contributed by atoms with E-state index < -0.39 is 11.4 Å². The van der Waals surface area contributed by atoms with Crippen LogP contribution in [0.2, 0.25) is 5.02 Å². The third kappa shape index (κ3) is 20.2. The molecule has 0 aliphatic carbocycles. The monoisotopic (exact) mass is 295 g/mol. The molecule has 0 atom stereocenters. The van der Waals surface area contributed by atoms with Gasteiger partial charge in [0.2, 0.25) is 0 Å². The van der Waals surface area contributed by atoms with Gasteiger partial charge >= 0.3 is 11.4 Å². The third-order valence-electron chi connectivity index (χ3n) is 1.17. The van der Waals surface area contributed by atoms with Crippen molar-refractivity contribution in [2.24, 2.45) is 5.73 Å². The zero-order valence-corrected chi connectivity index (χ0v) is 11.3. The SMILES string of the molecule is CCOC(=O)Cl.Clc1ccccc1.NCC(=O)O. The van der Waals surface area contributed by atoms with Gasteiger partial charge in [0.25, 0.3) is 0 Å². The molecule has 0 fully saturated rings. The van der Waals surface area contributed by atoms with E-state index in [0.29, 0.717) is 6.61 Å². The smallest absolute Gasteiger partial charge is 0.403 e. The minimum Gasteiger partial charge on any atom is -0.480 e. The summed E-state index contributed by atoms with van der Waals surface area (Å²) in [6.07, 6.45) is 0. The number of carboxylic acids is 1. The van der Waals surface area contributed by atoms with Gasteiger partial charge in [0, 0.05) is 16.6 Å². The lowest BCUT2D eigenvalue weighted by molar-refractivity contribution is -0.135. The summed E-state index contributed by atoms with van der Waals surface area (Å²) in [6, 6.07) is 9.44. The van der Waals surface area contributed by atoms with E-state index in [1.165, 1.54) is 0 Å². The van der Waals surface area contributed by atoms with Crippen LogP contribution in [0.15, 0.2) is 30.3 Å². The lowest BCUT2D eigenvalue weighted by atomic mass is 10.4. The largest absolute Gasteiger partial charge is 0.480 e. The molecule has 7 heteroatoms. The van der Waals surface area contributed by atoms with Crippen LogP contribution in [0.5, 0.6) is 0 Å². The molecule has 0 amide bonds. The quantitative estimate of drug-likeness (QED) is 0.819. The van der Waals surface area contributed by atoms with Crippen molar-refractivity contribution in [2.75, 3.05) is 13.2 Å². The van der Waals surface area contributed by atoms with Gasteiger partial charge in [-0.25, -0.2) is 4.79 Å². The number of ether oxygens (including phenoxy) is 1. The van der Waals surface area contributed by atoms with Crippen molar-refractivity contribution in [1.29, 1.82) is 0 Å². The highest BCUT2D eigenvalue weighted by Crippen LogP contribution is 2.03. The van der Waals surface area contributed by atoms with E-state index in [2.05, 4.69) is 10.5 Å². The van der Waals surface area contributed by atoms with Crippen molar-refractivity contribution < 1.29 is 19.4 Å². The van der Waals surface area contributed by atoms with Crippen LogP contribution in [-0.4, -0.2) is 29.7 Å². The van der Waals surface area contributed by atoms with E-state index >= 15 is 0 Å². The average Bonchev–Trinajstić information content (AvgIpc) is 2.31. The van der Waals surface area contributed by atoms with Gasteiger partial charge in [0.15, 0.2) is 0 Å². The molecule has 0 saturated carbocycles. The normalized spacial score (nSPS) is 8.00. The van der Waals surface area contributed by atoms with E-state index in [9.17, 15) is 9.59 Å². The maximum absolute atomic E-state index is 9.59. The van der Waals surface area contributed by atoms with Crippen molar-refractivity contribution in [1.82, 2.24) is 0 Å². The van der Waals surface area contributed by atoms with Crippen LogP contribution in [0.3, 0.4) is 0 Å². The molecule has 102 valence electrons. The van der Waals surface area contributed by atoms with Crippen molar-refractivity contribution in [3.05, 3.63) is 35.4 Å². The summed E-state index contributed by atoms with van der Waals surface area (Å²) < 4.78 is 4.17. The molecule has 0 aliphatic heterocycles. The van der Waals surface area contributed by atoms with Crippen LogP contribution in [-0.2, 0) is 9.53 Å². The molecule has 0 bridgehead atoms. The summed E-state index contributed by atoms with van der Waals surface area (Å²) >= 11 is 10.3. The molecule has 1 rings (SSSR count). The number of carboxylic acid groups (broad SMARTS) is 1. The highest BCUT2D eigenvalue weighted by molar-refractivity contribution is 6.61. The minimum atomic E-state index is -0.968. The van der Waals surface area contributed by atoms with Crippen LogP contribution in [0, 0.1) is 0 Å². The van der Waals surface area contributed by atoms with E-state index in [1.807, 2.05) is 30.3 Å². The third-order valence-corrected chi connectivity index (χ3v) is 1.53. The van der Waals surface area contributed by atoms with Crippen molar-refractivity contribution >= 4 is 34.6 Å². The second-order valence-corrected chi connectivity index (χ2v) is 3.31. The molecule has 0 aromatic heterocycles. The van der Waals surface area contributed by atoms with Crippen LogP contribution in [0.25, 0.3) is 0 Å². The number of nitrogens with two attached hydrogens (primary N) is 1. The highest BCUT2D eigenvalue weighted by atomic mass is 35.5. The lowest BCUT2D eigenvalue weighted by Gasteiger charge is -1.86. The van der Waals surface area contributed by atoms with Crippen LogP contribution < -0.4 is 5.73 Å². The second kappa shape index (κ2) is 13.8. The second-order valence-electron chi connectivity index (χ2n) is 2.56. The van der Waals surface area contributed by atoms with Crippen molar-refractivity contribution in [3.63, 3.8) is 0 Å². The summed E-state index contributed by atoms with van der Waals surface area (Å²) in [6.45, 7) is 1.77. The maximum Gasteiger partial charge on any atom is 0.403 e. The van der Waals surface area contributed by atoms with Crippen molar-refractivity contribution in [3.8, 4) is 0 Å². The summed E-state index contributed by atoms with van der Waals surface area (Å²) in [4.78, 5) is 18.8. The maximum atomic E-state index is 9.59. The van der Waals surface area contributed by atoms with Crippen LogP contribution >= 0.6 is 23.2 Å². The number of carbonyl (C=O) groups excluding carboxylic acids is 1. The number of hydrogen-bond acceptors (Lipinski definition) is 4. The Kier molecular flexibility index (Phi) is 14.6. The molecule has 0 heterocycles. The first-order chi connectivity index (χ1) is 8.43. The molecule has 0 unspecified atom stereocenters. The van der Waals surface area contributed by atoms with Crippen molar-refractivity contribution in [2.45, 2.75) is 6.92 Å². The number of hydrogen-bond donors (Lipinski definition) is 2. The predicted molar refractivity (Wildman–Crippen MR) is 71.0 cm³/mol. The summed E-state index contributed by atoms with van der Waals surface area (Å²) in [5.41, 5.74) is 3.83. The van der Waals surface area contributed by atoms with Gasteiger partial charge in [-0.1, -0.05) is 29.8 Å². The Balaban J connectivity index is 0. The molecule has 3 N–H and O–H groups in total. The number of halogens is 2. The van der Waals surface area contributed by atoms with Gasteiger partial charge in [-0.15, -0.1) is 0 Å². The summed E-state index contributed by atoms with van der Waals surface area (Å²) in [5, 5.41) is 8.39. The molecular formula is C11H15Cl2NO4. The van der Waals surface area contributed by atoms with Gasteiger partial charge in [0.05, 0.1) is 13.2 Å². The van der Waals surface area contributed by atoms with Gasteiger partial charge < -0.3 is 15.6 Å². The van der Waals surface area contributed by atoms with Gasteiger partial charge in [0.1, 0.15) is 0 Å². The van der Waals surface area contributed by atoms with E-state index in [-0.39, 0.29) is 6.54 Å². The van der Waals surface area contributed by atoms with Gasteiger partial charge in [-0.2, -0.15) is 0 Å². The molecule has 1 aromatic rings. The standard InChI is InChI=1S/C6H5Cl.C3H5ClO2.C2H5NO2/c7-6-4-2-1-3-5-6;1-2-6-3(4)5;3-1-2(4)5/h1-5H;2H2,1H3;1,3H2,(H,4,5). The summed E-state index contributed by atoms with van der Waals surface area (Å²) in [7, 11) is 0. The Labute approximate surface area is 115 Å². The first-order valence-electron chi connectivity index (χ1n) is 4.88. The molecule has 1 aromatic carbocycles. The Morgan fingerprint density at radius 3 is 1.89 bits per heavy atom. The van der Waals surface area contributed by atoms with E-state index in [0.717, 1.165) is 5.02 Å². The lowest BCUT2D eigenvalue weighted by Crippen LogP contribution is -2.10. The average molecular weight is 296 g/mol. The zero-order chi connectivity index (χ0) is 14.4. The number of benzene rings is 1. The first kappa shape index (κ1) is 19.0. The molecule has 5 nitrogen and oxygen atoms in total. The van der Waals surface area contributed by atoms with Crippen LogP contribution in [0.4, 0.5) is 4.79 Å². The fourth-order valence-electron chi connectivity index (χ4n) is 0.528. The molecule has 0 saturated heterocycles. The van der Waals surface area contributed by atoms with Gasteiger partial charge in [-0.3, -0.25) is 4.79 Å². The fourth-order valence-corrected chi connectivity index (χ4v) is 0.783. The predicted octanol–water partition coefficient (Wildman–Crippen LogP) is 2.75. The molecule has 0 spiro atoms. The Morgan fingerprint density at radius 2 is 1.78 bits per heavy atom. The molecule has 18 heavy (non-hydrogen) atoms. The number of rotatable bonds is 2. The molecule has 0 radical (unpaired) electrons. The van der Waals surface area contributed by atoms with E-state index in [1.54, 1.807) is 6.92 Å². The number of carbonyl (C=O) groups is 2. The molecule has 0 aliphatic rings. The Hall–Kier alpha value is -1.30. The topological polar surface area (TPSA) is 89.6 Å². The Morgan fingerprint density at radius 1 is 1.33 bits per heavy atom. The highest BCUT2D eigenvalue weighted by Gasteiger charge is 1.86. The fraction of sp³-hybridized carbons (Fsp3) is 0.273. The zero-order valence-electron chi connectivity index (χ0n) is 9.81. The van der Waals surface area contributed by atoms with E-state index in [4.69, 9.17) is 28.3 Å².